The minimum atomic E-state index is -0.621. The van der Waals surface area contributed by atoms with Crippen LogP contribution < -0.4 is 10.6 Å². The van der Waals surface area contributed by atoms with Crippen LogP contribution in [0.2, 0.25) is 0 Å². The molecule has 0 aromatic rings. The van der Waals surface area contributed by atoms with E-state index in [1.54, 1.807) is 13.8 Å². The summed E-state index contributed by atoms with van der Waals surface area (Å²) in [6.07, 6.45) is 0. The van der Waals surface area contributed by atoms with E-state index >= 15 is 0 Å². The second-order valence-corrected chi connectivity index (χ2v) is 4.16. The van der Waals surface area contributed by atoms with Crippen LogP contribution in [0.15, 0.2) is 0 Å². The van der Waals surface area contributed by atoms with Gasteiger partial charge in [-0.3, -0.25) is 9.59 Å². The molecular formula is C9H17ClN2O2. The van der Waals surface area contributed by atoms with Gasteiger partial charge in [0.2, 0.25) is 11.8 Å². The number of hydrogen-bond acceptors (Lipinski definition) is 2. The van der Waals surface area contributed by atoms with Crippen molar-refractivity contribution in [2.75, 3.05) is 0 Å². The zero-order valence-electron chi connectivity index (χ0n) is 8.93. The van der Waals surface area contributed by atoms with Crippen molar-refractivity contribution in [3.8, 4) is 0 Å². The molecule has 4 nitrogen and oxygen atoms in total. The Kier molecular flexibility index (Phi) is 5.53. The number of hydrogen-bond donors (Lipinski definition) is 2. The van der Waals surface area contributed by atoms with Crippen LogP contribution in [0, 0.1) is 0 Å². The van der Waals surface area contributed by atoms with Crippen LogP contribution in [0.1, 0.15) is 27.7 Å². The van der Waals surface area contributed by atoms with Crippen molar-refractivity contribution in [3.63, 3.8) is 0 Å². The summed E-state index contributed by atoms with van der Waals surface area (Å²) >= 11 is 5.54. The Bertz CT molecular complexity index is 217. The molecule has 0 spiro atoms. The van der Waals surface area contributed by atoms with Crippen LogP contribution in [0.3, 0.4) is 0 Å². The number of amides is 2. The van der Waals surface area contributed by atoms with Crippen molar-refractivity contribution in [1.82, 2.24) is 10.6 Å². The van der Waals surface area contributed by atoms with Crippen LogP contribution in [-0.2, 0) is 9.59 Å². The van der Waals surface area contributed by atoms with Crippen LogP contribution >= 0.6 is 11.6 Å². The molecule has 2 atom stereocenters. The fourth-order valence-electron chi connectivity index (χ4n) is 0.803. The molecule has 82 valence electrons. The van der Waals surface area contributed by atoms with Crippen molar-refractivity contribution in [3.05, 3.63) is 0 Å². The Morgan fingerprint density at radius 2 is 1.50 bits per heavy atom. The summed E-state index contributed by atoms with van der Waals surface area (Å²) in [4.78, 5) is 22.5. The van der Waals surface area contributed by atoms with Gasteiger partial charge in [0.05, 0.1) is 0 Å². The van der Waals surface area contributed by atoms with Gasteiger partial charge in [0.15, 0.2) is 0 Å². The second kappa shape index (κ2) is 5.86. The van der Waals surface area contributed by atoms with E-state index in [0.29, 0.717) is 0 Å². The van der Waals surface area contributed by atoms with E-state index in [4.69, 9.17) is 11.6 Å². The van der Waals surface area contributed by atoms with E-state index in [1.165, 1.54) is 0 Å². The number of rotatable bonds is 4. The molecule has 5 heteroatoms. The molecule has 0 saturated heterocycles. The normalized spacial score (nSPS) is 14.7. The van der Waals surface area contributed by atoms with Gasteiger partial charge in [0.25, 0.3) is 0 Å². The lowest BCUT2D eigenvalue weighted by molar-refractivity contribution is -0.128. The Morgan fingerprint density at radius 3 is 1.86 bits per heavy atom. The second-order valence-electron chi connectivity index (χ2n) is 3.51. The maximum absolute atomic E-state index is 11.3. The monoisotopic (exact) mass is 220 g/mol. The summed E-state index contributed by atoms with van der Waals surface area (Å²) in [5.41, 5.74) is 0. The van der Waals surface area contributed by atoms with Gasteiger partial charge in [-0.25, -0.2) is 0 Å². The molecule has 0 aromatic carbocycles. The quantitative estimate of drug-likeness (QED) is 0.684. The first-order valence-corrected chi connectivity index (χ1v) is 5.03. The van der Waals surface area contributed by atoms with Crippen molar-refractivity contribution in [1.29, 1.82) is 0 Å². The predicted octanol–water partition coefficient (Wildman–Crippen LogP) is 0.643. The smallest absolute Gasteiger partial charge is 0.242 e. The average Bonchev–Trinajstić information content (AvgIpc) is 2.02. The van der Waals surface area contributed by atoms with E-state index < -0.39 is 11.4 Å². The predicted molar refractivity (Wildman–Crippen MR) is 56.2 cm³/mol. The average molecular weight is 221 g/mol. The third-order valence-electron chi connectivity index (χ3n) is 1.54. The van der Waals surface area contributed by atoms with Gasteiger partial charge in [-0.1, -0.05) is 0 Å². The highest BCUT2D eigenvalue weighted by Gasteiger charge is 2.18. The Hall–Kier alpha value is -0.770. The largest absolute Gasteiger partial charge is 0.352 e. The van der Waals surface area contributed by atoms with Crippen LogP contribution in [0.4, 0.5) is 0 Å². The molecule has 0 rings (SSSR count). The summed E-state index contributed by atoms with van der Waals surface area (Å²) in [5.74, 6) is -0.538. The highest BCUT2D eigenvalue weighted by Crippen LogP contribution is 1.94. The number of nitrogens with one attached hydrogen (secondary N) is 2. The highest BCUT2D eigenvalue weighted by atomic mass is 35.5. The summed E-state index contributed by atoms with van der Waals surface area (Å²) in [7, 11) is 0. The minimum Gasteiger partial charge on any atom is -0.352 e. The molecule has 14 heavy (non-hydrogen) atoms. The summed E-state index contributed by atoms with van der Waals surface area (Å²) < 4.78 is 0. The van der Waals surface area contributed by atoms with E-state index in [0.717, 1.165) is 0 Å². The van der Waals surface area contributed by atoms with Crippen LogP contribution in [0.25, 0.3) is 0 Å². The maximum Gasteiger partial charge on any atom is 0.242 e. The number of carbonyl (C=O) groups is 2. The first-order chi connectivity index (χ1) is 6.34. The minimum absolute atomic E-state index is 0.0651. The SMILES string of the molecule is CC(C)NC(=O)C(C)NC(=O)C(C)Cl. The molecule has 0 heterocycles. The molecule has 2 unspecified atom stereocenters. The van der Waals surface area contributed by atoms with Crippen LogP contribution in [0.5, 0.6) is 0 Å². The zero-order valence-corrected chi connectivity index (χ0v) is 9.68. The fraction of sp³-hybridized carbons (Fsp3) is 0.778. The number of halogens is 1. The molecule has 0 aliphatic carbocycles. The van der Waals surface area contributed by atoms with Crippen molar-refractivity contribution < 1.29 is 9.59 Å². The molecular weight excluding hydrogens is 204 g/mol. The molecule has 0 aliphatic heterocycles. The maximum atomic E-state index is 11.3. The van der Waals surface area contributed by atoms with Gasteiger partial charge in [0.1, 0.15) is 11.4 Å². The van der Waals surface area contributed by atoms with Crippen molar-refractivity contribution in [2.45, 2.75) is 45.2 Å². The lowest BCUT2D eigenvalue weighted by Gasteiger charge is -2.16. The van der Waals surface area contributed by atoms with Gasteiger partial charge < -0.3 is 10.6 Å². The first kappa shape index (κ1) is 13.2. The molecule has 0 radical (unpaired) electrons. The summed E-state index contributed by atoms with van der Waals surface area (Å²) in [5, 5.41) is 4.57. The molecule has 0 bridgehead atoms. The molecule has 2 amide bonds. The molecule has 0 saturated carbocycles. The van der Waals surface area contributed by atoms with E-state index in [-0.39, 0.29) is 17.9 Å². The van der Waals surface area contributed by atoms with Gasteiger partial charge >= 0.3 is 0 Å². The zero-order chi connectivity index (χ0) is 11.3. The number of carbonyl (C=O) groups excluding carboxylic acids is 2. The Labute approximate surface area is 89.4 Å². The van der Waals surface area contributed by atoms with E-state index in [1.807, 2.05) is 13.8 Å². The summed E-state index contributed by atoms with van der Waals surface area (Å²) in [6, 6.07) is -0.485. The fourth-order valence-corrected chi connectivity index (χ4v) is 0.866. The van der Waals surface area contributed by atoms with Crippen molar-refractivity contribution in [2.24, 2.45) is 0 Å². The standard InChI is InChI=1S/C9H17ClN2O2/c1-5(2)11-9(14)7(4)12-8(13)6(3)10/h5-7H,1-4H3,(H,11,14)(H,12,13). The molecule has 0 aliphatic rings. The molecule has 0 aromatic heterocycles. The third-order valence-corrected chi connectivity index (χ3v) is 1.74. The highest BCUT2D eigenvalue weighted by molar-refractivity contribution is 6.30. The van der Waals surface area contributed by atoms with Gasteiger partial charge in [-0.15, -0.1) is 11.6 Å². The van der Waals surface area contributed by atoms with E-state index in [2.05, 4.69) is 10.6 Å². The van der Waals surface area contributed by atoms with E-state index in [9.17, 15) is 9.59 Å². The first-order valence-electron chi connectivity index (χ1n) is 4.59. The third kappa shape index (κ3) is 5.07. The van der Waals surface area contributed by atoms with Gasteiger partial charge in [0, 0.05) is 6.04 Å². The van der Waals surface area contributed by atoms with Crippen LogP contribution in [-0.4, -0.2) is 29.3 Å². The lowest BCUT2D eigenvalue weighted by atomic mass is 10.2. The van der Waals surface area contributed by atoms with Gasteiger partial charge in [-0.05, 0) is 27.7 Å². The van der Waals surface area contributed by atoms with Gasteiger partial charge in [-0.2, -0.15) is 0 Å². The topological polar surface area (TPSA) is 58.2 Å². The summed E-state index contributed by atoms with van der Waals surface area (Å²) in [6.45, 7) is 6.89. The molecule has 2 N–H and O–H groups in total. The number of alkyl halides is 1. The Morgan fingerprint density at radius 1 is 1.00 bits per heavy atom. The lowest BCUT2D eigenvalue weighted by Crippen LogP contribution is -2.48. The molecule has 0 fully saturated rings. The Balaban J connectivity index is 4.01. The van der Waals surface area contributed by atoms with Crippen molar-refractivity contribution >= 4 is 23.4 Å².